The number of rotatable bonds is 8. The van der Waals surface area contributed by atoms with E-state index >= 15 is 0 Å². The Morgan fingerprint density at radius 1 is 1.07 bits per heavy atom. The van der Waals surface area contributed by atoms with Gasteiger partial charge in [0, 0.05) is 36.1 Å². The monoisotopic (exact) mass is 376 g/mol. The number of aromatic nitrogens is 2. The predicted molar refractivity (Wildman–Crippen MR) is 114 cm³/mol. The van der Waals surface area contributed by atoms with E-state index in [0.29, 0.717) is 11.3 Å². The molecule has 5 nitrogen and oxygen atoms in total. The zero-order valence-corrected chi connectivity index (χ0v) is 16.6. The minimum atomic E-state index is 0.0332. The largest absolute Gasteiger partial charge is 0.399 e. The Bertz CT molecular complexity index is 917. The number of benzene rings is 2. The topological polar surface area (TPSA) is 75.0 Å². The van der Waals surface area contributed by atoms with Gasteiger partial charge in [-0.2, -0.15) is 5.10 Å². The van der Waals surface area contributed by atoms with Gasteiger partial charge >= 0.3 is 0 Å². The summed E-state index contributed by atoms with van der Waals surface area (Å²) in [5.41, 5.74) is 11.4. The van der Waals surface area contributed by atoms with Crippen LogP contribution in [0.25, 0.3) is 11.3 Å². The number of carbonyl (C=O) groups is 1. The van der Waals surface area contributed by atoms with Crippen molar-refractivity contribution in [2.75, 3.05) is 19.3 Å². The van der Waals surface area contributed by atoms with Gasteiger partial charge in [0.05, 0.1) is 5.69 Å². The Labute approximate surface area is 166 Å². The van der Waals surface area contributed by atoms with E-state index in [2.05, 4.69) is 28.4 Å². The first-order valence-electron chi connectivity index (χ1n) is 9.76. The lowest BCUT2D eigenvalue weighted by Crippen LogP contribution is -2.28. The number of carbonyl (C=O) groups excluding carboxylic acids is 1. The van der Waals surface area contributed by atoms with E-state index in [1.807, 2.05) is 44.3 Å². The van der Waals surface area contributed by atoms with Crippen LogP contribution in [-0.2, 0) is 6.42 Å². The van der Waals surface area contributed by atoms with Crippen LogP contribution in [0, 0.1) is 6.92 Å². The number of hydrogen-bond acceptors (Lipinski definition) is 3. The van der Waals surface area contributed by atoms with Gasteiger partial charge in [-0.25, -0.2) is 0 Å². The van der Waals surface area contributed by atoms with Gasteiger partial charge in [0.15, 0.2) is 0 Å². The first-order valence-corrected chi connectivity index (χ1v) is 9.76. The zero-order chi connectivity index (χ0) is 19.9. The van der Waals surface area contributed by atoms with E-state index in [-0.39, 0.29) is 5.91 Å². The number of anilines is 1. The molecule has 1 heterocycles. The third-order valence-electron chi connectivity index (χ3n) is 4.98. The maximum absolute atomic E-state index is 12.6. The number of nitrogens with two attached hydrogens (primary N) is 1. The van der Waals surface area contributed by atoms with Gasteiger partial charge in [0.1, 0.15) is 0 Å². The fourth-order valence-electron chi connectivity index (χ4n) is 3.26. The quantitative estimate of drug-likeness (QED) is 0.450. The minimum Gasteiger partial charge on any atom is -0.399 e. The molecule has 3 N–H and O–H groups in total. The van der Waals surface area contributed by atoms with Crippen molar-refractivity contribution >= 4 is 11.6 Å². The van der Waals surface area contributed by atoms with Crippen LogP contribution in [0.5, 0.6) is 0 Å². The fraction of sp³-hybridized carbons (Fsp3) is 0.304. The van der Waals surface area contributed by atoms with Gasteiger partial charge in [0.2, 0.25) is 0 Å². The number of nitrogens with zero attached hydrogens (tertiary/aromatic N) is 2. The van der Waals surface area contributed by atoms with Gasteiger partial charge in [-0.3, -0.25) is 9.89 Å². The highest BCUT2D eigenvalue weighted by Crippen LogP contribution is 2.18. The van der Waals surface area contributed by atoms with Crippen LogP contribution in [0.2, 0.25) is 0 Å². The number of aromatic amines is 1. The van der Waals surface area contributed by atoms with Crippen molar-refractivity contribution in [3.63, 3.8) is 0 Å². The molecule has 0 aliphatic heterocycles. The number of aryl methyl sites for hydroxylation is 2. The van der Waals surface area contributed by atoms with Crippen molar-refractivity contribution in [2.45, 2.75) is 32.6 Å². The van der Waals surface area contributed by atoms with Gasteiger partial charge in [0.25, 0.3) is 5.91 Å². The summed E-state index contributed by atoms with van der Waals surface area (Å²) in [6.45, 7) is 2.68. The SMILES string of the molecule is Cc1ccc(N)cc1C(=O)N(C)CCCCCc1cc(-c2ccccc2)n[nH]1. The lowest BCUT2D eigenvalue weighted by atomic mass is 10.1. The highest BCUT2D eigenvalue weighted by Gasteiger charge is 2.14. The second kappa shape index (κ2) is 9.22. The molecule has 0 fully saturated rings. The fourth-order valence-corrected chi connectivity index (χ4v) is 3.26. The molecule has 0 atom stereocenters. The summed E-state index contributed by atoms with van der Waals surface area (Å²) >= 11 is 0. The number of H-pyrrole nitrogens is 1. The highest BCUT2D eigenvalue weighted by atomic mass is 16.2. The number of amides is 1. The van der Waals surface area contributed by atoms with E-state index < -0.39 is 0 Å². The van der Waals surface area contributed by atoms with Crippen LogP contribution in [0.4, 0.5) is 5.69 Å². The van der Waals surface area contributed by atoms with Gasteiger partial charge in [-0.15, -0.1) is 0 Å². The Morgan fingerprint density at radius 3 is 2.64 bits per heavy atom. The Morgan fingerprint density at radius 2 is 1.86 bits per heavy atom. The maximum atomic E-state index is 12.6. The average Bonchev–Trinajstić information content (AvgIpc) is 3.18. The third-order valence-corrected chi connectivity index (χ3v) is 4.98. The van der Waals surface area contributed by atoms with E-state index in [9.17, 15) is 4.79 Å². The molecule has 0 radical (unpaired) electrons. The average molecular weight is 377 g/mol. The van der Waals surface area contributed by atoms with Crippen molar-refractivity contribution < 1.29 is 4.79 Å². The molecule has 0 unspecified atom stereocenters. The molecule has 0 saturated carbocycles. The van der Waals surface area contributed by atoms with Crippen molar-refractivity contribution in [3.05, 3.63) is 71.4 Å². The third kappa shape index (κ3) is 5.00. The first-order chi connectivity index (χ1) is 13.5. The zero-order valence-electron chi connectivity index (χ0n) is 16.6. The smallest absolute Gasteiger partial charge is 0.253 e. The summed E-state index contributed by atoms with van der Waals surface area (Å²) in [6.07, 6.45) is 4.07. The summed E-state index contributed by atoms with van der Waals surface area (Å²) in [6, 6.07) is 17.8. The summed E-state index contributed by atoms with van der Waals surface area (Å²) in [4.78, 5) is 14.4. The Kier molecular flexibility index (Phi) is 6.48. The molecule has 0 bridgehead atoms. The summed E-state index contributed by atoms with van der Waals surface area (Å²) in [5.74, 6) is 0.0332. The standard InChI is InChI=1S/C23H28N4O/c1-17-12-13-19(24)15-21(17)23(28)27(2)14-8-4-7-11-20-16-22(26-25-20)18-9-5-3-6-10-18/h3,5-6,9-10,12-13,15-16H,4,7-8,11,14,24H2,1-2H3,(H,25,26). The van der Waals surface area contributed by atoms with E-state index in [1.54, 1.807) is 11.0 Å². The second-order valence-corrected chi connectivity index (χ2v) is 7.26. The molecule has 0 saturated heterocycles. The number of nitrogens with one attached hydrogen (secondary N) is 1. The summed E-state index contributed by atoms with van der Waals surface area (Å²) in [7, 11) is 1.85. The summed E-state index contributed by atoms with van der Waals surface area (Å²) in [5, 5.41) is 7.53. The predicted octanol–water partition coefficient (Wildman–Crippen LogP) is 4.45. The van der Waals surface area contributed by atoms with E-state index in [1.165, 1.54) is 0 Å². The highest BCUT2D eigenvalue weighted by molar-refractivity contribution is 5.96. The lowest BCUT2D eigenvalue weighted by molar-refractivity contribution is 0.0792. The Hall–Kier alpha value is -3.08. The molecular formula is C23H28N4O. The van der Waals surface area contributed by atoms with Crippen LogP contribution in [0.1, 0.15) is 40.9 Å². The molecule has 146 valence electrons. The maximum Gasteiger partial charge on any atom is 0.253 e. The van der Waals surface area contributed by atoms with Gasteiger partial charge in [-0.1, -0.05) is 42.8 Å². The minimum absolute atomic E-state index is 0.0332. The molecule has 3 aromatic rings. The Balaban J connectivity index is 1.42. The van der Waals surface area contributed by atoms with E-state index in [0.717, 1.165) is 54.7 Å². The normalized spacial score (nSPS) is 10.8. The molecule has 5 heteroatoms. The second-order valence-electron chi connectivity index (χ2n) is 7.26. The van der Waals surface area contributed by atoms with Gasteiger partial charge < -0.3 is 10.6 Å². The van der Waals surface area contributed by atoms with Gasteiger partial charge in [-0.05, 0) is 49.9 Å². The molecule has 28 heavy (non-hydrogen) atoms. The molecule has 3 rings (SSSR count). The van der Waals surface area contributed by atoms with Crippen molar-refractivity contribution in [1.82, 2.24) is 15.1 Å². The van der Waals surface area contributed by atoms with Crippen molar-refractivity contribution in [3.8, 4) is 11.3 Å². The summed E-state index contributed by atoms with van der Waals surface area (Å²) < 4.78 is 0. The first kappa shape index (κ1) is 19.7. The molecule has 2 aromatic carbocycles. The molecule has 0 aliphatic rings. The molecule has 0 aliphatic carbocycles. The van der Waals surface area contributed by atoms with Crippen LogP contribution in [0.3, 0.4) is 0 Å². The number of nitrogen functional groups attached to an aromatic ring is 1. The number of hydrogen-bond donors (Lipinski definition) is 2. The van der Waals surface area contributed by atoms with Crippen LogP contribution in [0.15, 0.2) is 54.6 Å². The van der Waals surface area contributed by atoms with Crippen molar-refractivity contribution in [1.29, 1.82) is 0 Å². The van der Waals surface area contributed by atoms with E-state index in [4.69, 9.17) is 5.73 Å². The van der Waals surface area contributed by atoms with Crippen molar-refractivity contribution in [2.24, 2.45) is 0 Å². The molecule has 1 aromatic heterocycles. The molecule has 1 amide bonds. The lowest BCUT2D eigenvalue weighted by Gasteiger charge is -2.18. The van der Waals surface area contributed by atoms with Crippen LogP contribution >= 0.6 is 0 Å². The van der Waals surface area contributed by atoms with Crippen LogP contribution in [-0.4, -0.2) is 34.6 Å². The van der Waals surface area contributed by atoms with Crippen LogP contribution < -0.4 is 5.73 Å². The number of unbranched alkanes of at least 4 members (excludes halogenated alkanes) is 2. The molecule has 0 spiro atoms. The molecular weight excluding hydrogens is 348 g/mol.